The molecule has 4 nitrogen and oxygen atoms in total. The number of nitrogens with zero attached hydrogens (tertiary/aromatic N) is 2. The Morgan fingerprint density at radius 1 is 1.12 bits per heavy atom. The number of benzene rings is 2. The molecule has 0 unspecified atom stereocenters. The molecule has 1 heterocycles. The van der Waals surface area contributed by atoms with Gasteiger partial charge in [-0.2, -0.15) is 13.2 Å². The van der Waals surface area contributed by atoms with Gasteiger partial charge in [0, 0.05) is 12.1 Å². The van der Waals surface area contributed by atoms with E-state index in [-0.39, 0.29) is 5.56 Å². The summed E-state index contributed by atoms with van der Waals surface area (Å²) >= 11 is 0. The second-order valence-electron chi connectivity index (χ2n) is 5.60. The van der Waals surface area contributed by atoms with Crippen LogP contribution in [0.3, 0.4) is 0 Å². The number of rotatable bonds is 4. The maximum absolute atomic E-state index is 12.6. The number of anilines is 1. The molecular weight excluding hydrogens is 331 g/mol. The lowest BCUT2D eigenvalue weighted by Crippen LogP contribution is -2.16. The maximum Gasteiger partial charge on any atom is 0.416 e. The zero-order valence-corrected chi connectivity index (χ0v) is 13.5. The molecule has 0 aliphatic carbocycles. The highest BCUT2D eigenvalue weighted by Crippen LogP contribution is 2.29. The molecule has 1 N–H and O–H groups in total. The molecule has 0 saturated heterocycles. The van der Waals surface area contributed by atoms with Gasteiger partial charge in [0.15, 0.2) is 0 Å². The summed E-state index contributed by atoms with van der Waals surface area (Å²) in [6.45, 7) is 2.68. The van der Waals surface area contributed by atoms with E-state index in [1.807, 2.05) is 35.8 Å². The van der Waals surface area contributed by atoms with E-state index >= 15 is 0 Å². The van der Waals surface area contributed by atoms with Crippen LogP contribution < -0.4 is 5.32 Å². The van der Waals surface area contributed by atoms with Gasteiger partial charge >= 0.3 is 6.18 Å². The van der Waals surface area contributed by atoms with Crippen molar-refractivity contribution in [2.45, 2.75) is 26.1 Å². The van der Waals surface area contributed by atoms with Crippen LogP contribution in [0.1, 0.15) is 29.3 Å². The van der Waals surface area contributed by atoms with Crippen molar-refractivity contribution in [3.63, 3.8) is 0 Å². The van der Waals surface area contributed by atoms with E-state index in [4.69, 9.17) is 0 Å². The highest BCUT2D eigenvalue weighted by molar-refractivity contribution is 6.04. The van der Waals surface area contributed by atoms with Crippen LogP contribution in [0.15, 0.2) is 48.5 Å². The van der Waals surface area contributed by atoms with Gasteiger partial charge in [0.05, 0.1) is 16.6 Å². The van der Waals surface area contributed by atoms with Crippen LogP contribution in [0.4, 0.5) is 19.1 Å². The van der Waals surface area contributed by atoms with Crippen LogP contribution in [0, 0.1) is 0 Å². The van der Waals surface area contributed by atoms with Gasteiger partial charge in [-0.15, -0.1) is 0 Å². The Kier molecular flexibility index (Phi) is 4.48. The van der Waals surface area contributed by atoms with Crippen LogP contribution in [0.2, 0.25) is 0 Å². The van der Waals surface area contributed by atoms with Crippen LogP contribution in [-0.2, 0) is 12.7 Å². The van der Waals surface area contributed by atoms with Crippen molar-refractivity contribution < 1.29 is 18.0 Å². The summed E-state index contributed by atoms with van der Waals surface area (Å²) in [5.41, 5.74) is 0.996. The molecule has 1 amide bonds. The number of hydrogen-bond acceptors (Lipinski definition) is 2. The first-order valence-corrected chi connectivity index (χ1v) is 7.84. The smallest absolute Gasteiger partial charge is 0.310 e. The fourth-order valence-electron chi connectivity index (χ4n) is 2.61. The molecule has 0 fully saturated rings. The number of aryl methyl sites for hydroxylation is 1. The van der Waals surface area contributed by atoms with E-state index < -0.39 is 17.6 Å². The molecule has 2 aromatic carbocycles. The van der Waals surface area contributed by atoms with Crippen molar-refractivity contribution >= 4 is 22.9 Å². The number of amides is 1. The Balaban J connectivity index is 1.88. The minimum Gasteiger partial charge on any atom is -0.310 e. The summed E-state index contributed by atoms with van der Waals surface area (Å²) in [5, 5.41) is 2.69. The fourth-order valence-corrected chi connectivity index (χ4v) is 2.61. The third-order valence-corrected chi connectivity index (χ3v) is 3.80. The lowest BCUT2D eigenvalue weighted by molar-refractivity contribution is -0.137. The van der Waals surface area contributed by atoms with Gasteiger partial charge in [-0.1, -0.05) is 19.1 Å². The standard InChI is InChI=1S/C18H16F3N3O/c1-2-11-24-15-6-4-3-5-14(15)22-17(24)23-16(25)12-7-9-13(10-8-12)18(19,20)21/h3-10H,2,11H2,1H3,(H,22,23,25). The quantitative estimate of drug-likeness (QED) is 0.742. The van der Waals surface area contributed by atoms with Crippen molar-refractivity contribution in [2.24, 2.45) is 0 Å². The fraction of sp³-hybridized carbons (Fsp3) is 0.222. The largest absolute Gasteiger partial charge is 0.416 e. The number of halogens is 3. The first-order valence-electron chi connectivity index (χ1n) is 7.84. The molecule has 0 saturated carbocycles. The minimum atomic E-state index is -4.43. The minimum absolute atomic E-state index is 0.142. The molecule has 25 heavy (non-hydrogen) atoms. The number of para-hydroxylation sites is 2. The second kappa shape index (κ2) is 6.58. The monoisotopic (exact) mass is 347 g/mol. The van der Waals surface area contributed by atoms with Crippen molar-refractivity contribution in [3.8, 4) is 0 Å². The van der Waals surface area contributed by atoms with E-state index in [0.29, 0.717) is 12.5 Å². The molecule has 0 atom stereocenters. The molecule has 130 valence electrons. The Morgan fingerprint density at radius 2 is 1.80 bits per heavy atom. The average Bonchev–Trinajstić information content (AvgIpc) is 2.92. The predicted molar refractivity (Wildman–Crippen MR) is 89.4 cm³/mol. The third-order valence-electron chi connectivity index (χ3n) is 3.80. The molecule has 0 spiro atoms. The van der Waals surface area contributed by atoms with Crippen molar-refractivity contribution in [2.75, 3.05) is 5.32 Å². The maximum atomic E-state index is 12.6. The summed E-state index contributed by atoms with van der Waals surface area (Å²) < 4.78 is 39.7. The number of carbonyl (C=O) groups excluding carboxylic acids is 1. The van der Waals surface area contributed by atoms with Gasteiger partial charge in [-0.25, -0.2) is 4.98 Å². The van der Waals surface area contributed by atoms with Gasteiger partial charge < -0.3 is 4.57 Å². The number of carbonyl (C=O) groups is 1. The first-order chi connectivity index (χ1) is 11.9. The molecule has 7 heteroatoms. The summed E-state index contributed by atoms with van der Waals surface area (Å²) in [6.07, 6.45) is -3.58. The number of aromatic nitrogens is 2. The molecule has 1 aromatic heterocycles. The van der Waals surface area contributed by atoms with Crippen molar-refractivity contribution in [3.05, 3.63) is 59.7 Å². The van der Waals surface area contributed by atoms with Crippen molar-refractivity contribution in [1.29, 1.82) is 0 Å². The zero-order chi connectivity index (χ0) is 18.0. The second-order valence-corrected chi connectivity index (χ2v) is 5.60. The topological polar surface area (TPSA) is 46.9 Å². The molecule has 3 rings (SSSR count). The zero-order valence-electron chi connectivity index (χ0n) is 13.5. The van der Waals surface area contributed by atoms with Gasteiger partial charge in [-0.05, 0) is 42.8 Å². The van der Waals surface area contributed by atoms with Crippen LogP contribution in [0.25, 0.3) is 11.0 Å². The molecule has 0 bridgehead atoms. The van der Waals surface area contributed by atoms with Gasteiger partial charge in [0.25, 0.3) is 5.91 Å². The Bertz CT molecular complexity index is 898. The normalized spacial score (nSPS) is 11.7. The van der Waals surface area contributed by atoms with Crippen LogP contribution in [-0.4, -0.2) is 15.5 Å². The number of imidazole rings is 1. The van der Waals surface area contributed by atoms with E-state index in [2.05, 4.69) is 10.3 Å². The predicted octanol–water partition coefficient (Wildman–Crippen LogP) is 4.72. The van der Waals surface area contributed by atoms with Crippen LogP contribution >= 0.6 is 0 Å². The molecule has 3 aromatic rings. The summed E-state index contributed by atoms with van der Waals surface area (Å²) in [7, 11) is 0. The Hall–Kier alpha value is -2.83. The third kappa shape index (κ3) is 3.50. The van der Waals surface area contributed by atoms with Gasteiger partial charge in [-0.3, -0.25) is 10.1 Å². The lowest BCUT2D eigenvalue weighted by Gasteiger charge is -2.10. The Morgan fingerprint density at radius 3 is 2.44 bits per heavy atom. The highest BCUT2D eigenvalue weighted by atomic mass is 19.4. The van der Waals surface area contributed by atoms with E-state index in [0.717, 1.165) is 41.7 Å². The molecule has 0 aliphatic rings. The molecule has 0 aliphatic heterocycles. The summed E-state index contributed by atoms with van der Waals surface area (Å²) in [4.78, 5) is 16.8. The number of hydrogen-bond donors (Lipinski definition) is 1. The van der Waals surface area contributed by atoms with Crippen LogP contribution in [0.5, 0.6) is 0 Å². The van der Waals surface area contributed by atoms with E-state index in [9.17, 15) is 18.0 Å². The average molecular weight is 347 g/mol. The first kappa shape index (κ1) is 17.0. The Labute approximate surface area is 142 Å². The lowest BCUT2D eigenvalue weighted by atomic mass is 10.1. The number of alkyl halides is 3. The number of nitrogens with one attached hydrogen (secondary N) is 1. The van der Waals surface area contributed by atoms with E-state index in [1.165, 1.54) is 0 Å². The molecular formula is C18H16F3N3O. The SMILES string of the molecule is CCCn1c(NC(=O)c2ccc(C(F)(F)F)cc2)nc2ccccc21. The highest BCUT2D eigenvalue weighted by Gasteiger charge is 2.30. The molecule has 0 radical (unpaired) electrons. The van der Waals surface area contributed by atoms with Crippen molar-refractivity contribution in [1.82, 2.24) is 9.55 Å². The van der Waals surface area contributed by atoms with E-state index in [1.54, 1.807) is 0 Å². The summed E-state index contributed by atoms with van der Waals surface area (Å²) in [6, 6.07) is 11.6. The summed E-state index contributed by atoms with van der Waals surface area (Å²) in [5.74, 6) is -0.116. The van der Waals surface area contributed by atoms with Gasteiger partial charge in [0.1, 0.15) is 0 Å². The van der Waals surface area contributed by atoms with Gasteiger partial charge in [0.2, 0.25) is 5.95 Å². The number of fused-ring (bicyclic) bond motifs is 1.